The van der Waals surface area contributed by atoms with Crippen molar-refractivity contribution in [3.8, 4) is 0 Å². The van der Waals surface area contributed by atoms with Crippen molar-refractivity contribution in [2.75, 3.05) is 19.3 Å². The van der Waals surface area contributed by atoms with E-state index in [-0.39, 0.29) is 27.9 Å². The number of halogens is 1. The molecule has 0 radical (unpaired) electrons. The van der Waals surface area contributed by atoms with Crippen LogP contribution in [0, 0.1) is 0 Å². The Hall–Kier alpha value is -0.670. The third-order valence-corrected chi connectivity index (χ3v) is 6.86. The highest BCUT2D eigenvalue weighted by molar-refractivity contribution is 7.91. The summed E-state index contributed by atoms with van der Waals surface area (Å²) in [6.45, 7) is 0.367. The van der Waals surface area contributed by atoms with E-state index in [4.69, 9.17) is 11.6 Å². The molecule has 2 rings (SSSR count). The van der Waals surface area contributed by atoms with E-state index in [1.165, 1.54) is 16.4 Å². The van der Waals surface area contributed by atoms with Gasteiger partial charge in [0.15, 0.2) is 9.84 Å². The van der Waals surface area contributed by atoms with Crippen molar-refractivity contribution in [2.24, 2.45) is 0 Å². The van der Waals surface area contributed by atoms with Crippen molar-refractivity contribution in [3.05, 3.63) is 23.2 Å². The van der Waals surface area contributed by atoms with E-state index in [9.17, 15) is 21.9 Å². The van der Waals surface area contributed by atoms with Crippen LogP contribution in [-0.2, 0) is 19.9 Å². The summed E-state index contributed by atoms with van der Waals surface area (Å²) < 4.78 is 49.4. The van der Waals surface area contributed by atoms with E-state index in [1.54, 1.807) is 0 Å². The van der Waals surface area contributed by atoms with E-state index in [1.807, 2.05) is 0 Å². The molecule has 1 aromatic carbocycles. The number of rotatable bonds is 3. The molecule has 0 spiro atoms. The van der Waals surface area contributed by atoms with Crippen molar-refractivity contribution < 1.29 is 21.9 Å². The number of hydrogen-bond donors (Lipinski definition) is 1. The van der Waals surface area contributed by atoms with E-state index in [0.717, 1.165) is 12.3 Å². The molecular weight excluding hydrogens is 338 g/mol. The van der Waals surface area contributed by atoms with Crippen LogP contribution in [0.15, 0.2) is 28.0 Å². The zero-order valence-electron chi connectivity index (χ0n) is 11.4. The van der Waals surface area contributed by atoms with Crippen LogP contribution >= 0.6 is 11.6 Å². The number of sulfone groups is 1. The Kier molecular flexibility index (Phi) is 4.65. The minimum atomic E-state index is -3.87. The van der Waals surface area contributed by atoms with Crippen LogP contribution in [-0.4, -0.2) is 51.7 Å². The van der Waals surface area contributed by atoms with Gasteiger partial charge in [-0.15, -0.1) is 0 Å². The van der Waals surface area contributed by atoms with Gasteiger partial charge >= 0.3 is 0 Å². The third kappa shape index (κ3) is 3.57. The molecule has 0 atom stereocenters. The Morgan fingerprint density at radius 1 is 1.19 bits per heavy atom. The first-order chi connectivity index (χ1) is 9.62. The van der Waals surface area contributed by atoms with Crippen molar-refractivity contribution in [1.82, 2.24) is 4.31 Å². The molecule has 1 aliphatic rings. The second-order valence-corrected chi connectivity index (χ2v) is 9.33. The van der Waals surface area contributed by atoms with Crippen molar-refractivity contribution in [3.63, 3.8) is 0 Å². The lowest BCUT2D eigenvalue weighted by molar-refractivity contribution is 0.113. The fraction of sp³-hybridized carbons (Fsp3) is 0.500. The van der Waals surface area contributed by atoms with Crippen molar-refractivity contribution in [1.29, 1.82) is 0 Å². The van der Waals surface area contributed by atoms with Crippen molar-refractivity contribution >= 4 is 31.5 Å². The lowest BCUT2D eigenvalue weighted by atomic mass is 10.1. The molecule has 1 saturated heterocycles. The second kappa shape index (κ2) is 5.85. The lowest BCUT2D eigenvalue weighted by Crippen LogP contribution is -2.40. The number of hydrogen-bond acceptors (Lipinski definition) is 5. The molecule has 0 aromatic heterocycles. The monoisotopic (exact) mass is 353 g/mol. The fourth-order valence-corrected chi connectivity index (χ4v) is 4.83. The van der Waals surface area contributed by atoms with E-state index < -0.39 is 26.0 Å². The quantitative estimate of drug-likeness (QED) is 0.871. The SMILES string of the molecule is CS(=O)(=O)c1ccc(Cl)c(S(=O)(=O)N2CCC(O)CC2)c1. The van der Waals surface area contributed by atoms with Gasteiger partial charge in [0.25, 0.3) is 0 Å². The van der Waals surface area contributed by atoms with Gasteiger partial charge in [0.2, 0.25) is 10.0 Å². The van der Waals surface area contributed by atoms with Crippen LogP contribution in [0.25, 0.3) is 0 Å². The molecule has 1 aromatic rings. The average molecular weight is 354 g/mol. The lowest BCUT2D eigenvalue weighted by Gasteiger charge is -2.29. The molecule has 9 heteroatoms. The van der Waals surface area contributed by atoms with Gasteiger partial charge in [-0.05, 0) is 31.0 Å². The largest absolute Gasteiger partial charge is 0.393 e. The molecule has 0 amide bonds. The molecule has 0 saturated carbocycles. The van der Waals surface area contributed by atoms with Crippen LogP contribution in [0.2, 0.25) is 5.02 Å². The van der Waals surface area contributed by atoms with Crippen molar-refractivity contribution in [2.45, 2.75) is 28.7 Å². The summed E-state index contributed by atoms with van der Waals surface area (Å²) in [6.07, 6.45) is 1.20. The average Bonchev–Trinajstić information content (AvgIpc) is 2.38. The first-order valence-corrected chi connectivity index (χ1v) is 10.0. The predicted octanol–water partition coefficient (Wildman–Crippen LogP) is 0.889. The highest BCUT2D eigenvalue weighted by atomic mass is 35.5. The van der Waals surface area contributed by atoms with Gasteiger partial charge in [0.1, 0.15) is 4.90 Å². The maximum absolute atomic E-state index is 12.6. The number of sulfonamides is 1. The summed E-state index contributed by atoms with van der Waals surface area (Å²) in [7, 11) is -7.40. The van der Waals surface area contributed by atoms with Gasteiger partial charge in [0, 0.05) is 19.3 Å². The number of nitrogens with zero attached hydrogens (tertiary/aromatic N) is 1. The van der Waals surface area contributed by atoms with Gasteiger partial charge in [-0.1, -0.05) is 11.6 Å². The molecule has 1 fully saturated rings. The first-order valence-electron chi connectivity index (χ1n) is 6.30. The topological polar surface area (TPSA) is 91.8 Å². The van der Waals surface area contributed by atoms with Crippen LogP contribution in [0.5, 0.6) is 0 Å². The number of aliphatic hydroxyl groups excluding tert-OH is 1. The number of piperidine rings is 1. The molecule has 1 N–H and O–H groups in total. The molecule has 1 aliphatic heterocycles. The smallest absolute Gasteiger partial charge is 0.244 e. The molecule has 6 nitrogen and oxygen atoms in total. The highest BCUT2D eigenvalue weighted by Crippen LogP contribution is 2.29. The van der Waals surface area contributed by atoms with Crippen LogP contribution in [0.1, 0.15) is 12.8 Å². The standard InChI is InChI=1S/C12H16ClNO5S2/c1-20(16,17)10-2-3-11(13)12(8-10)21(18,19)14-6-4-9(15)5-7-14/h2-3,8-9,15H,4-7H2,1H3. The molecule has 21 heavy (non-hydrogen) atoms. The summed E-state index contributed by atoms with van der Waals surface area (Å²) >= 11 is 5.93. The Morgan fingerprint density at radius 2 is 1.76 bits per heavy atom. The second-order valence-electron chi connectivity index (χ2n) is 5.00. The van der Waals surface area contributed by atoms with E-state index >= 15 is 0 Å². The van der Waals surface area contributed by atoms with Crippen LogP contribution in [0.3, 0.4) is 0 Å². The molecule has 118 valence electrons. The predicted molar refractivity (Wildman–Crippen MR) is 78.6 cm³/mol. The summed E-state index contributed by atoms with van der Waals surface area (Å²) in [6, 6.07) is 3.62. The molecule has 1 heterocycles. The zero-order chi connectivity index (χ0) is 15.8. The van der Waals surface area contributed by atoms with Gasteiger partial charge < -0.3 is 5.11 Å². The van der Waals surface area contributed by atoms with E-state index in [0.29, 0.717) is 12.8 Å². The maximum Gasteiger partial charge on any atom is 0.244 e. The number of aliphatic hydroxyl groups is 1. The van der Waals surface area contributed by atoms with E-state index in [2.05, 4.69) is 0 Å². The van der Waals surface area contributed by atoms with Gasteiger partial charge in [0.05, 0.1) is 16.0 Å². The highest BCUT2D eigenvalue weighted by Gasteiger charge is 2.31. The molecule has 0 unspecified atom stereocenters. The van der Waals surface area contributed by atoms with Crippen LogP contribution in [0.4, 0.5) is 0 Å². The zero-order valence-corrected chi connectivity index (χ0v) is 13.7. The Labute approximate surface area is 129 Å². The van der Waals surface area contributed by atoms with Gasteiger partial charge in [-0.3, -0.25) is 0 Å². The molecule has 0 aliphatic carbocycles. The van der Waals surface area contributed by atoms with Crippen LogP contribution < -0.4 is 0 Å². The summed E-state index contributed by atoms with van der Waals surface area (Å²) in [5.74, 6) is 0. The van der Waals surface area contributed by atoms with Gasteiger partial charge in [-0.2, -0.15) is 4.31 Å². The summed E-state index contributed by atoms with van der Waals surface area (Å²) in [5, 5.41) is 9.42. The molecular formula is C12H16ClNO5S2. The normalized spacial score (nSPS) is 18.8. The summed E-state index contributed by atoms with van der Waals surface area (Å²) in [4.78, 5) is -0.314. The summed E-state index contributed by atoms with van der Waals surface area (Å²) in [5.41, 5.74) is 0. The molecule has 0 bridgehead atoms. The third-order valence-electron chi connectivity index (χ3n) is 3.37. The maximum atomic E-state index is 12.6. The number of benzene rings is 1. The van der Waals surface area contributed by atoms with Gasteiger partial charge in [-0.25, -0.2) is 16.8 Å². The first kappa shape index (κ1) is 16.7. The fourth-order valence-electron chi connectivity index (χ4n) is 2.13. The Bertz CT molecular complexity index is 737. The Morgan fingerprint density at radius 3 is 2.29 bits per heavy atom. The Balaban J connectivity index is 2.45. The minimum Gasteiger partial charge on any atom is -0.393 e. The minimum absolute atomic E-state index is 0.0199.